The Kier molecular flexibility index (Phi) is 74.5. The summed E-state index contributed by atoms with van der Waals surface area (Å²) in [7, 11) is -10.3. The molecule has 4 aromatic rings. The van der Waals surface area contributed by atoms with Crippen molar-refractivity contribution in [1.82, 2.24) is 19.9 Å². The summed E-state index contributed by atoms with van der Waals surface area (Å²) in [6.45, 7) is 16.0. The summed E-state index contributed by atoms with van der Waals surface area (Å²) in [6.07, 6.45) is 32.1. The maximum absolute atomic E-state index is 11.8. The van der Waals surface area contributed by atoms with E-state index in [2.05, 4.69) is 44.7 Å². The maximum Gasteiger partial charge on any atom is 0.0473 e. The molecule has 0 aliphatic carbocycles. The van der Waals surface area contributed by atoms with E-state index < -0.39 is 60.5 Å². The minimum Gasteiger partial charge on any atom is -0.751 e. The molecule has 0 amide bonds. The van der Waals surface area contributed by atoms with Crippen molar-refractivity contribution in [3.8, 4) is 0 Å². The largest absolute Gasteiger partial charge is 0.751 e. The smallest absolute Gasteiger partial charge is 0.0473 e. The van der Waals surface area contributed by atoms with Gasteiger partial charge in [0.1, 0.15) is 0 Å². The first kappa shape index (κ1) is 100. The molecule has 6 fully saturated rings. The predicted molar refractivity (Wildman–Crippen MR) is 330 cm³/mol. The molecule has 0 spiro atoms. The second kappa shape index (κ2) is 61.8. The van der Waals surface area contributed by atoms with Crippen LogP contribution < -0.4 is 0 Å². The molecule has 0 aromatic carbocycles. The maximum atomic E-state index is 11.8. The average Bonchev–Trinajstić information content (AvgIpc) is 4.36. The zero-order valence-corrected chi connectivity index (χ0v) is 73.4. The van der Waals surface area contributed by atoms with E-state index in [1.54, 1.807) is 36.8 Å². The normalized spacial score (nSPS) is 22.8. The van der Waals surface area contributed by atoms with Gasteiger partial charge in [0.05, 0.1) is 0 Å². The van der Waals surface area contributed by atoms with Crippen molar-refractivity contribution >= 4 is 72.1 Å². The molecular weight excluding hydrogens is 1640 g/mol. The van der Waals surface area contributed by atoms with Gasteiger partial charge in [-0.1, -0.05) is 105 Å². The van der Waals surface area contributed by atoms with Crippen LogP contribution in [0.15, 0.2) is 73.3 Å². The van der Waals surface area contributed by atoms with Crippen LogP contribution >= 0.6 is 11.6 Å². The molecule has 27 heteroatoms. The van der Waals surface area contributed by atoms with Crippen LogP contribution in [0.25, 0.3) is 9.56 Å². The fourth-order valence-corrected chi connectivity index (χ4v) is 17.9. The molecule has 6 aliphatic heterocycles. The summed E-state index contributed by atoms with van der Waals surface area (Å²) in [6, 6.07) is 14.8. The third-order valence-electron chi connectivity index (χ3n) is 11.9. The monoisotopic (exact) mass is 1730 g/mol. The van der Waals surface area contributed by atoms with Crippen LogP contribution in [0.3, 0.4) is 0 Å². The van der Waals surface area contributed by atoms with Gasteiger partial charge < -0.3 is 29.5 Å². The SMILES string of the molecule is CC.CC.CC.CC.ClCc1cc[c-]nc1.N=S1(=O)CCCC1.N=S1(=O)CCCC1Cc1cc[c-]nc1.O=S1CCCC1.O=S1CCCC1Cc1cc[c-]nc1.[N-]=S1(=O)CCCC1.[N-]=S1(=O)CCCC1Cc1cc[c-]nc1.[Y].[Y].[Y].[Y].[Y].[Y]. The Labute approximate surface area is 666 Å². The second-order valence-corrected chi connectivity index (χ2v) is 31.1. The van der Waals surface area contributed by atoms with Gasteiger partial charge in [-0.15, -0.1) is 53.3 Å². The van der Waals surface area contributed by atoms with Crippen molar-refractivity contribution in [3.63, 3.8) is 0 Å². The molecule has 6 unspecified atom stereocenters. The number of hydrogen-bond donors (Lipinski definition) is 2. The third kappa shape index (κ3) is 48.9. The number of rotatable bonds is 7. The molecule has 0 saturated carbocycles. The van der Waals surface area contributed by atoms with Crippen LogP contribution in [0.2, 0.25) is 0 Å². The van der Waals surface area contributed by atoms with Crippen LogP contribution in [-0.2, 0) is 282 Å². The van der Waals surface area contributed by atoms with E-state index in [0.29, 0.717) is 52.1 Å². The molecule has 0 bridgehead atoms. The fraction of sp³-hybridized carbons (Fsp3) is 0.643. The van der Waals surface area contributed by atoms with Crippen molar-refractivity contribution < 1.29 is 222 Å². The Morgan fingerprint density at radius 1 is 0.494 bits per heavy atom. The first-order valence-electron chi connectivity index (χ1n) is 27.4. The Morgan fingerprint density at radius 3 is 1.12 bits per heavy atom. The third-order valence-corrected chi connectivity index (χ3v) is 23.9. The van der Waals surface area contributed by atoms with Gasteiger partial charge in [-0.3, -0.25) is 26.4 Å². The summed E-state index contributed by atoms with van der Waals surface area (Å²) in [5.41, 5.74) is 4.30. The number of nitrogens with zero attached hydrogens (tertiary/aromatic N) is 6. The van der Waals surface area contributed by atoms with Crippen molar-refractivity contribution in [3.05, 3.63) is 130 Å². The fourth-order valence-electron chi connectivity index (χ4n) is 7.96. The number of hydrogen-bond acceptors (Lipinski definition) is 12. The number of alkyl halides is 1. The molecule has 6 saturated heterocycles. The molecular formula is C56H91ClN8O6S6Y6-6. The minimum atomic E-state index is -2.57. The van der Waals surface area contributed by atoms with Gasteiger partial charge >= 0.3 is 0 Å². The van der Waals surface area contributed by atoms with E-state index in [4.69, 9.17) is 25.9 Å². The molecule has 458 valence electrons. The van der Waals surface area contributed by atoms with Crippen LogP contribution in [0.4, 0.5) is 0 Å². The Balaban J connectivity index is -0.000000160. The molecule has 10 heterocycles. The van der Waals surface area contributed by atoms with Gasteiger partial charge in [-0.2, -0.15) is 48.5 Å². The predicted octanol–water partition coefficient (Wildman–Crippen LogP) is 12.5. The molecule has 4 aromatic heterocycles. The van der Waals surface area contributed by atoms with Crippen LogP contribution in [0.1, 0.15) is 155 Å². The molecule has 14 nitrogen and oxygen atoms in total. The molecule has 6 atom stereocenters. The van der Waals surface area contributed by atoms with Gasteiger partial charge in [-0.25, -0.2) is 8.42 Å². The minimum absolute atomic E-state index is 0. The summed E-state index contributed by atoms with van der Waals surface area (Å²) in [4.78, 5) is 15.4. The van der Waals surface area contributed by atoms with Crippen molar-refractivity contribution in [2.45, 2.75) is 173 Å². The number of halogens is 1. The summed E-state index contributed by atoms with van der Waals surface area (Å²) >= 11 is 5.47. The van der Waals surface area contributed by atoms with Gasteiger partial charge in [0, 0.05) is 293 Å². The van der Waals surface area contributed by atoms with E-state index in [0.717, 1.165) is 111 Å². The summed E-state index contributed by atoms with van der Waals surface area (Å²) in [5, 5.41) is 0.322. The van der Waals surface area contributed by atoms with E-state index in [9.17, 15) is 30.0 Å². The molecule has 6 radical (unpaired) electrons. The van der Waals surface area contributed by atoms with Crippen molar-refractivity contribution in [1.29, 1.82) is 9.56 Å². The van der Waals surface area contributed by atoms with Gasteiger partial charge in [-0.05, 0) is 114 Å². The van der Waals surface area contributed by atoms with Gasteiger partial charge in [0.25, 0.3) is 0 Å². The first-order chi connectivity index (χ1) is 37.0. The number of nitrogens with one attached hydrogen (secondary N) is 2. The van der Waals surface area contributed by atoms with E-state index in [-0.39, 0.29) is 207 Å². The molecule has 2 N–H and O–H groups in total. The topological polar surface area (TPSA) is 246 Å². The van der Waals surface area contributed by atoms with E-state index in [1.165, 1.54) is 18.4 Å². The number of aromatic nitrogens is 4. The summed E-state index contributed by atoms with van der Waals surface area (Å²) < 4.78 is 99.5. The average molecular weight is 1730 g/mol. The Bertz CT molecular complexity index is 2470. The molecule has 10 rings (SSSR count). The first-order valence-corrected chi connectivity index (χ1v) is 38.1. The van der Waals surface area contributed by atoms with E-state index in [1.807, 2.05) is 91.9 Å². The summed E-state index contributed by atoms with van der Waals surface area (Å²) in [5.74, 6) is 6.73. The van der Waals surface area contributed by atoms with Crippen LogP contribution in [0, 0.1) is 34.3 Å². The Hall–Kier alpha value is 3.61. The van der Waals surface area contributed by atoms with Gasteiger partial charge in [0.2, 0.25) is 0 Å². The van der Waals surface area contributed by atoms with E-state index >= 15 is 0 Å². The van der Waals surface area contributed by atoms with Crippen molar-refractivity contribution in [2.75, 3.05) is 51.8 Å². The zero-order chi connectivity index (χ0) is 58.0. The standard InChI is InChI=1S/C10H13N2OS.C10H12N2OS.C10H12NOS.C6H5ClN.C4H9NOS.C4H8NOS.C4H8OS.4C2H6.6Y/c2*11-14(13)6-2-4-10(14)7-9-3-1-5-12-8-9;12-13-6-2-4-10(13)7-9-3-1-5-11-8-9;7-4-6-2-1-3-8-5-6;2*5-7(6)3-1-2-4-7;5-6-3-1-2-4-6;4*1-2;;;;;;/h1,3,8,10-11H,2,4,6-7H2;1,3,8,10H,2,4,6-7H2;1,3,8,10H,2,4,6-7H2;1-2,5H,4H2;5H,1-4H2;1-4H2;1-4H2;4*1-2H3;;;;;;/q-1;-2;2*-1;;-1;;;;;;;;;;;. The quantitative estimate of drug-likeness (QED) is 0.131. The van der Waals surface area contributed by atoms with Gasteiger partial charge in [0.15, 0.2) is 0 Å². The zero-order valence-electron chi connectivity index (χ0n) is 50.8. The molecule has 83 heavy (non-hydrogen) atoms. The van der Waals surface area contributed by atoms with Crippen LogP contribution in [-0.4, -0.2) is 113 Å². The Morgan fingerprint density at radius 2 is 0.867 bits per heavy atom. The second-order valence-electron chi connectivity index (χ2n) is 17.5. The van der Waals surface area contributed by atoms with Crippen LogP contribution in [0.5, 0.6) is 0 Å². The van der Waals surface area contributed by atoms with Crippen molar-refractivity contribution in [2.24, 2.45) is 0 Å². The number of pyridine rings is 4. The molecule has 6 aliphatic rings.